The van der Waals surface area contributed by atoms with Gasteiger partial charge in [-0.1, -0.05) is 12.1 Å². The minimum atomic E-state index is -4.56. The van der Waals surface area contributed by atoms with Gasteiger partial charge in [-0.25, -0.2) is 9.97 Å². The molecule has 1 heterocycles. The van der Waals surface area contributed by atoms with Crippen molar-refractivity contribution in [2.75, 3.05) is 7.11 Å². The molecule has 1 aromatic heterocycles. The van der Waals surface area contributed by atoms with Crippen LogP contribution >= 0.6 is 0 Å². The molecule has 0 saturated carbocycles. The quantitative estimate of drug-likeness (QED) is 0.825. The Balaban J connectivity index is 2.51. The van der Waals surface area contributed by atoms with Crippen molar-refractivity contribution < 1.29 is 17.9 Å². The molecule has 3 nitrogen and oxygen atoms in total. The van der Waals surface area contributed by atoms with Gasteiger partial charge in [0, 0.05) is 11.8 Å². The normalized spacial score (nSPS) is 11.3. The first kappa shape index (κ1) is 12.3. The van der Waals surface area contributed by atoms with E-state index in [2.05, 4.69) is 9.97 Å². The molecule has 0 unspecified atom stereocenters. The van der Waals surface area contributed by atoms with E-state index in [0.717, 1.165) is 6.20 Å². The minimum Gasteiger partial charge on any atom is -0.496 e. The Hall–Kier alpha value is -2.11. The summed E-state index contributed by atoms with van der Waals surface area (Å²) >= 11 is 0. The standard InChI is InChI=1S/C12H9F3N2O/c1-18-10-5-3-2-4-8(10)9-6-7-16-11(17-9)12(13,14)15/h2-7H,1H3. The maximum Gasteiger partial charge on any atom is 0.451 e. The van der Waals surface area contributed by atoms with Crippen molar-refractivity contribution in [2.45, 2.75) is 6.18 Å². The molecule has 18 heavy (non-hydrogen) atoms. The number of benzene rings is 1. The molecular weight excluding hydrogens is 245 g/mol. The van der Waals surface area contributed by atoms with E-state index in [0.29, 0.717) is 11.3 Å². The molecule has 0 aliphatic carbocycles. The van der Waals surface area contributed by atoms with Gasteiger partial charge in [-0.2, -0.15) is 13.2 Å². The Morgan fingerprint density at radius 2 is 1.83 bits per heavy atom. The second-order valence-electron chi connectivity index (χ2n) is 3.46. The average Bonchev–Trinajstić information content (AvgIpc) is 2.38. The van der Waals surface area contributed by atoms with E-state index in [1.165, 1.54) is 13.2 Å². The van der Waals surface area contributed by atoms with Gasteiger partial charge in [-0.05, 0) is 18.2 Å². The summed E-state index contributed by atoms with van der Waals surface area (Å²) in [7, 11) is 1.45. The first-order chi connectivity index (χ1) is 8.52. The molecule has 0 bridgehead atoms. The van der Waals surface area contributed by atoms with E-state index in [1.54, 1.807) is 24.3 Å². The van der Waals surface area contributed by atoms with Crippen molar-refractivity contribution in [1.29, 1.82) is 0 Å². The summed E-state index contributed by atoms with van der Waals surface area (Å²) < 4.78 is 42.6. The lowest BCUT2D eigenvalue weighted by molar-refractivity contribution is -0.144. The molecule has 94 valence electrons. The highest BCUT2D eigenvalue weighted by Crippen LogP contribution is 2.31. The molecule has 0 aliphatic heterocycles. The Morgan fingerprint density at radius 1 is 1.11 bits per heavy atom. The fraction of sp³-hybridized carbons (Fsp3) is 0.167. The first-order valence-electron chi connectivity index (χ1n) is 5.06. The summed E-state index contributed by atoms with van der Waals surface area (Å²) in [5.74, 6) is -0.699. The van der Waals surface area contributed by atoms with Crippen molar-refractivity contribution >= 4 is 0 Å². The third kappa shape index (κ3) is 2.42. The highest BCUT2D eigenvalue weighted by molar-refractivity contribution is 5.66. The van der Waals surface area contributed by atoms with Crippen LogP contribution in [0.3, 0.4) is 0 Å². The molecule has 1 aromatic carbocycles. The number of aromatic nitrogens is 2. The van der Waals surface area contributed by atoms with E-state index < -0.39 is 12.0 Å². The van der Waals surface area contributed by atoms with Crippen molar-refractivity contribution in [3.05, 3.63) is 42.4 Å². The Kier molecular flexibility index (Phi) is 3.18. The molecule has 0 atom stereocenters. The largest absolute Gasteiger partial charge is 0.496 e. The van der Waals surface area contributed by atoms with Crippen LogP contribution in [0.4, 0.5) is 13.2 Å². The molecule has 0 saturated heterocycles. The number of rotatable bonds is 2. The minimum absolute atomic E-state index is 0.176. The van der Waals surface area contributed by atoms with Crippen LogP contribution in [0.2, 0.25) is 0 Å². The van der Waals surface area contributed by atoms with Gasteiger partial charge in [0.1, 0.15) is 5.75 Å². The monoisotopic (exact) mass is 254 g/mol. The summed E-state index contributed by atoms with van der Waals surface area (Å²) in [4.78, 5) is 6.72. The van der Waals surface area contributed by atoms with Crippen molar-refractivity contribution in [2.24, 2.45) is 0 Å². The highest BCUT2D eigenvalue weighted by atomic mass is 19.4. The maximum atomic E-state index is 12.5. The molecule has 0 spiro atoms. The van der Waals surface area contributed by atoms with Gasteiger partial charge >= 0.3 is 6.18 Å². The fourth-order valence-electron chi connectivity index (χ4n) is 1.50. The second kappa shape index (κ2) is 4.64. The molecule has 6 heteroatoms. The number of ether oxygens (including phenoxy) is 1. The third-order valence-electron chi connectivity index (χ3n) is 2.29. The van der Waals surface area contributed by atoms with Gasteiger partial charge < -0.3 is 4.74 Å². The van der Waals surface area contributed by atoms with E-state index in [4.69, 9.17) is 4.74 Å². The van der Waals surface area contributed by atoms with Gasteiger partial charge in [0.15, 0.2) is 0 Å². The first-order valence-corrected chi connectivity index (χ1v) is 5.06. The number of para-hydroxylation sites is 1. The van der Waals surface area contributed by atoms with Crippen LogP contribution in [-0.2, 0) is 6.18 Å². The van der Waals surface area contributed by atoms with Crippen molar-refractivity contribution in [3.63, 3.8) is 0 Å². The highest BCUT2D eigenvalue weighted by Gasteiger charge is 2.34. The lowest BCUT2D eigenvalue weighted by Crippen LogP contribution is -2.11. The Bertz CT molecular complexity index is 555. The van der Waals surface area contributed by atoms with Crippen LogP contribution in [0, 0.1) is 0 Å². The predicted octanol–water partition coefficient (Wildman–Crippen LogP) is 3.17. The Labute approximate surface area is 101 Å². The van der Waals surface area contributed by atoms with Gasteiger partial charge in [0.2, 0.25) is 5.82 Å². The Morgan fingerprint density at radius 3 is 2.50 bits per heavy atom. The van der Waals surface area contributed by atoms with Gasteiger partial charge in [-0.3, -0.25) is 0 Å². The lowest BCUT2D eigenvalue weighted by atomic mass is 10.1. The number of halogens is 3. The SMILES string of the molecule is COc1ccccc1-c1ccnc(C(F)(F)F)n1. The summed E-state index contributed by atoms with van der Waals surface area (Å²) in [6, 6.07) is 8.14. The smallest absolute Gasteiger partial charge is 0.451 e. The summed E-state index contributed by atoms with van der Waals surface area (Å²) in [5, 5.41) is 0. The van der Waals surface area contributed by atoms with Gasteiger partial charge in [0.25, 0.3) is 0 Å². The van der Waals surface area contributed by atoms with Crippen LogP contribution in [0.5, 0.6) is 5.75 Å². The fourth-order valence-corrected chi connectivity index (χ4v) is 1.50. The molecule has 2 rings (SSSR count). The summed E-state index contributed by atoms with van der Waals surface area (Å²) in [6.07, 6.45) is -3.48. The van der Waals surface area contributed by atoms with E-state index in [1.807, 2.05) is 0 Å². The van der Waals surface area contributed by atoms with Crippen LogP contribution in [-0.4, -0.2) is 17.1 Å². The van der Waals surface area contributed by atoms with Crippen LogP contribution in [0.15, 0.2) is 36.5 Å². The molecular formula is C12H9F3N2O. The number of alkyl halides is 3. The molecule has 0 amide bonds. The van der Waals surface area contributed by atoms with Crippen molar-refractivity contribution in [1.82, 2.24) is 9.97 Å². The number of hydrogen-bond acceptors (Lipinski definition) is 3. The van der Waals surface area contributed by atoms with Crippen molar-refractivity contribution in [3.8, 4) is 17.0 Å². The zero-order valence-corrected chi connectivity index (χ0v) is 9.40. The number of methoxy groups -OCH3 is 1. The molecule has 0 N–H and O–H groups in total. The second-order valence-corrected chi connectivity index (χ2v) is 3.46. The van der Waals surface area contributed by atoms with Crippen LogP contribution in [0.25, 0.3) is 11.3 Å². The average molecular weight is 254 g/mol. The van der Waals surface area contributed by atoms with Gasteiger partial charge in [0.05, 0.1) is 12.8 Å². The third-order valence-corrected chi connectivity index (χ3v) is 2.29. The lowest BCUT2D eigenvalue weighted by Gasteiger charge is -2.09. The summed E-state index contributed by atoms with van der Waals surface area (Å²) in [6.45, 7) is 0. The van der Waals surface area contributed by atoms with E-state index >= 15 is 0 Å². The topological polar surface area (TPSA) is 35.0 Å². The molecule has 0 fully saturated rings. The van der Waals surface area contributed by atoms with Crippen LogP contribution in [0.1, 0.15) is 5.82 Å². The predicted molar refractivity (Wildman–Crippen MR) is 59.0 cm³/mol. The zero-order valence-electron chi connectivity index (χ0n) is 9.40. The zero-order chi connectivity index (χ0) is 13.2. The van der Waals surface area contributed by atoms with E-state index in [-0.39, 0.29) is 5.69 Å². The molecule has 0 radical (unpaired) electrons. The summed E-state index contributed by atoms with van der Waals surface area (Å²) in [5.41, 5.74) is 0.669. The molecule has 0 aliphatic rings. The number of hydrogen-bond donors (Lipinski definition) is 0. The van der Waals surface area contributed by atoms with E-state index in [9.17, 15) is 13.2 Å². The molecule has 2 aromatic rings. The van der Waals surface area contributed by atoms with Crippen LogP contribution < -0.4 is 4.74 Å². The number of nitrogens with zero attached hydrogens (tertiary/aromatic N) is 2. The maximum absolute atomic E-state index is 12.5. The van der Waals surface area contributed by atoms with Gasteiger partial charge in [-0.15, -0.1) is 0 Å².